The fraction of sp³-hybridized carbons (Fsp3) is 0.385. The van der Waals surface area contributed by atoms with Gasteiger partial charge in [-0.2, -0.15) is 0 Å². The zero-order chi connectivity index (χ0) is 22.5. The molecule has 0 aliphatic carbocycles. The zero-order valence-electron chi connectivity index (χ0n) is 18.9. The molecule has 2 aliphatic rings. The summed E-state index contributed by atoms with van der Waals surface area (Å²) < 4.78 is 0. The topological polar surface area (TPSA) is 65.5 Å². The molecule has 0 spiro atoms. The molecule has 170 valence electrons. The van der Waals surface area contributed by atoms with Crippen LogP contribution in [-0.2, 0) is 0 Å². The minimum Gasteiger partial charge on any atom is -0.354 e. The Kier molecular flexibility index (Phi) is 6.58. The third kappa shape index (κ3) is 5.20. The number of hydrogen-bond acceptors (Lipinski definition) is 6. The summed E-state index contributed by atoms with van der Waals surface area (Å²) >= 11 is 0. The van der Waals surface area contributed by atoms with Gasteiger partial charge in [0, 0.05) is 70.0 Å². The van der Waals surface area contributed by atoms with Crippen LogP contribution in [-0.4, -0.2) is 76.5 Å². The van der Waals surface area contributed by atoms with Gasteiger partial charge in [0.05, 0.1) is 5.56 Å². The molecule has 3 aromatic rings. The van der Waals surface area contributed by atoms with Gasteiger partial charge in [-0.05, 0) is 30.9 Å². The summed E-state index contributed by atoms with van der Waals surface area (Å²) in [6.07, 6.45) is 7.41. The third-order valence-corrected chi connectivity index (χ3v) is 6.60. The van der Waals surface area contributed by atoms with Crippen LogP contribution >= 0.6 is 0 Å². The number of nitrogens with zero attached hydrogens (tertiary/aromatic N) is 6. The number of benzene rings is 1. The van der Waals surface area contributed by atoms with Gasteiger partial charge < -0.3 is 9.80 Å². The van der Waals surface area contributed by atoms with Gasteiger partial charge in [-0.3, -0.25) is 9.69 Å². The highest BCUT2D eigenvalue weighted by Gasteiger charge is 2.27. The Hall–Kier alpha value is -3.32. The second-order valence-electron chi connectivity index (χ2n) is 8.90. The van der Waals surface area contributed by atoms with E-state index in [0.717, 1.165) is 63.6 Å². The van der Waals surface area contributed by atoms with E-state index in [0.29, 0.717) is 17.3 Å². The van der Waals surface area contributed by atoms with Gasteiger partial charge in [0.1, 0.15) is 5.82 Å². The van der Waals surface area contributed by atoms with E-state index < -0.39 is 0 Å². The van der Waals surface area contributed by atoms with Gasteiger partial charge in [-0.1, -0.05) is 36.4 Å². The molecule has 33 heavy (non-hydrogen) atoms. The smallest absolute Gasteiger partial charge is 0.257 e. The highest BCUT2D eigenvalue weighted by Crippen LogP contribution is 2.21. The molecule has 0 bridgehead atoms. The predicted octanol–water partition coefficient (Wildman–Crippen LogP) is 3.21. The number of carbonyl (C=O) groups excluding carboxylic acids is 1. The molecule has 2 saturated heterocycles. The molecule has 2 fully saturated rings. The third-order valence-electron chi connectivity index (χ3n) is 6.60. The number of pyridine rings is 1. The van der Waals surface area contributed by atoms with E-state index in [1.54, 1.807) is 12.4 Å². The van der Waals surface area contributed by atoms with Crippen LogP contribution in [0.4, 0.5) is 5.82 Å². The van der Waals surface area contributed by atoms with Crippen molar-refractivity contribution in [1.29, 1.82) is 0 Å². The van der Waals surface area contributed by atoms with Gasteiger partial charge in [-0.15, -0.1) is 0 Å². The monoisotopic (exact) mass is 442 g/mol. The van der Waals surface area contributed by atoms with Gasteiger partial charge in [0.25, 0.3) is 5.91 Å². The Balaban J connectivity index is 1.14. The number of anilines is 1. The molecule has 0 N–H and O–H groups in total. The molecule has 1 amide bonds. The van der Waals surface area contributed by atoms with Gasteiger partial charge in [0.15, 0.2) is 5.82 Å². The first kappa shape index (κ1) is 21.5. The lowest BCUT2D eigenvalue weighted by Gasteiger charge is -2.39. The van der Waals surface area contributed by atoms with Crippen LogP contribution in [0.15, 0.2) is 67.1 Å². The number of likely N-dealkylation sites (tertiary alicyclic amines) is 1. The van der Waals surface area contributed by atoms with E-state index in [-0.39, 0.29) is 5.91 Å². The van der Waals surface area contributed by atoms with Crippen LogP contribution in [0.3, 0.4) is 0 Å². The number of piperazine rings is 1. The Morgan fingerprint density at radius 3 is 2.36 bits per heavy atom. The highest BCUT2D eigenvalue weighted by atomic mass is 16.2. The molecule has 7 heteroatoms. The molecule has 0 saturated carbocycles. The average Bonchev–Trinajstić information content (AvgIpc) is 2.90. The van der Waals surface area contributed by atoms with Crippen molar-refractivity contribution in [3.8, 4) is 11.4 Å². The van der Waals surface area contributed by atoms with E-state index in [1.807, 2.05) is 53.6 Å². The largest absolute Gasteiger partial charge is 0.354 e. The minimum absolute atomic E-state index is 0.0410. The van der Waals surface area contributed by atoms with E-state index >= 15 is 0 Å². The Bertz CT molecular complexity index is 1040. The summed E-state index contributed by atoms with van der Waals surface area (Å²) in [7, 11) is 0. The van der Waals surface area contributed by atoms with E-state index in [9.17, 15) is 4.79 Å². The van der Waals surface area contributed by atoms with Crippen LogP contribution in [0.2, 0.25) is 0 Å². The molecule has 7 nitrogen and oxygen atoms in total. The van der Waals surface area contributed by atoms with Gasteiger partial charge in [-0.25, -0.2) is 15.0 Å². The van der Waals surface area contributed by atoms with Crippen LogP contribution < -0.4 is 4.90 Å². The van der Waals surface area contributed by atoms with Crippen molar-refractivity contribution in [2.45, 2.75) is 12.8 Å². The summed E-state index contributed by atoms with van der Waals surface area (Å²) in [5.74, 6) is 2.26. The molecule has 1 atom stereocenters. The molecular weight excluding hydrogens is 412 g/mol. The Morgan fingerprint density at radius 1 is 0.879 bits per heavy atom. The Morgan fingerprint density at radius 2 is 1.64 bits per heavy atom. The van der Waals surface area contributed by atoms with Crippen molar-refractivity contribution in [1.82, 2.24) is 24.8 Å². The van der Waals surface area contributed by atoms with Crippen molar-refractivity contribution in [2.75, 3.05) is 50.7 Å². The number of carbonyl (C=O) groups is 1. The molecule has 2 aliphatic heterocycles. The number of hydrogen-bond donors (Lipinski definition) is 0. The first-order chi connectivity index (χ1) is 16.3. The summed E-state index contributed by atoms with van der Waals surface area (Å²) in [4.78, 5) is 33.3. The lowest BCUT2D eigenvalue weighted by molar-refractivity contribution is 0.0636. The minimum atomic E-state index is 0.0410. The molecule has 5 rings (SSSR count). The standard InChI is InChI=1S/C26H30N6O/c33-26(23-17-28-25(29-18-23)22-8-2-1-3-9-22)32-12-6-7-21(20-32)19-30-13-15-31(16-14-30)24-10-4-5-11-27-24/h1-5,8-11,17-18,21H,6-7,12-16,19-20H2. The lowest BCUT2D eigenvalue weighted by Crippen LogP contribution is -2.50. The average molecular weight is 443 g/mol. The quantitative estimate of drug-likeness (QED) is 0.605. The number of aromatic nitrogens is 3. The van der Waals surface area contributed by atoms with Crippen molar-refractivity contribution in [3.63, 3.8) is 0 Å². The number of amides is 1. The highest BCUT2D eigenvalue weighted by molar-refractivity contribution is 5.93. The normalized spacial score (nSPS) is 19.5. The lowest BCUT2D eigenvalue weighted by atomic mass is 9.96. The molecule has 1 unspecified atom stereocenters. The predicted molar refractivity (Wildman–Crippen MR) is 129 cm³/mol. The van der Waals surface area contributed by atoms with Crippen LogP contribution in [0.5, 0.6) is 0 Å². The van der Waals surface area contributed by atoms with Crippen molar-refractivity contribution in [2.24, 2.45) is 5.92 Å². The summed E-state index contributed by atoms with van der Waals surface area (Å²) in [6.45, 7) is 6.73. The summed E-state index contributed by atoms with van der Waals surface area (Å²) in [5, 5.41) is 0. The maximum atomic E-state index is 13.1. The molecular formula is C26H30N6O. The summed E-state index contributed by atoms with van der Waals surface area (Å²) in [6, 6.07) is 15.9. The van der Waals surface area contributed by atoms with Gasteiger partial charge in [0.2, 0.25) is 0 Å². The fourth-order valence-electron chi connectivity index (χ4n) is 4.82. The first-order valence-electron chi connectivity index (χ1n) is 11.8. The van der Waals surface area contributed by atoms with E-state index in [4.69, 9.17) is 0 Å². The Labute approximate surface area is 195 Å². The van der Waals surface area contributed by atoms with E-state index in [1.165, 1.54) is 6.42 Å². The van der Waals surface area contributed by atoms with Crippen molar-refractivity contribution >= 4 is 11.7 Å². The fourth-order valence-corrected chi connectivity index (χ4v) is 4.82. The van der Waals surface area contributed by atoms with Crippen LogP contribution in [0.1, 0.15) is 23.2 Å². The van der Waals surface area contributed by atoms with Crippen LogP contribution in [0, 0.1) is 5.92 Å². The van der Waals surface area contributed by atoms with E-state index in [2.05, 4.69) is 30.8 Å². The first-order valence-corrected chi connectivity index (χ1v) is 11.8. The molecule has 2 aromatic heterocycles. The van der Waals surface area contributed by atoms with Crippen LogP contribution in [0.25, 0.3) is 11.4 Å². The second kappa shape index (κ2) is 10.1. The zero-order valence-corrected chi connectivity index (χ0v) is 18.9. The number of rotatable bonds is 5. The van der Waals surface area contributed by atoms with Gasteiger partial charge >= 0.3 is 0 Å². The maximum absolute atomic E-state index is 13.1. The maximum Gasteiger partial charge on any atom is 0.257 e. The molecule has 1 aromatic carbocycles. The molecule has 0 radical (unpaired) electrons. The summed E-state index contributed by atoms with van der Waals surface area (Å²) in [5.41, 5.74) is 1.52. The van der Waals surface area contributed by atoms with Crippen molar-refractivity contribution in [3.05, 3.63) is 72.7 Å². The number of piperidine rings is 1. The SMILES string of the molecule is O=C(c1cnc(-c2ccccc2)nc1)N1CCCC(CN2CCN(c3ccccn3)CC2)C1. The second-order valence-corrected chi connectivity index (χ2v) is 8.90. The molecule has 4 heterocycles. The van der Waals surface area contributed by atoms with Crippen molar-refractivity contribution < 1.29 is 4.79 Å².